The minimum absolute atomic E-state index is 0.676. The van der Waals surface area contributed by atoms with Gasteiger partial charge in [-0.2, -0.15) is 4.98 Å². The molecule has 0 aliphatic rings. The highest BCUT2D eigenvalue weighted by Crippen LogP contribution is 2.08. The van der Waals surface area contributed by atoms with Gasteiger partial charge in [-0.05, 0) is 13.8 Å². The number of hydrogen-bond donors (Lipinski definition) is 0. The third-order valence-electron chi connectivity index (χ3n) is 1.39. The van der Waals surface area contributed by atoms with Crippen molar-refractivity contribution in [2.24, 2.45) is 0 Å². The van der Waals surface area contributed by atoms with Crippen LogP contribution in [0.1, 0.15) is 11.5 Å². The van der Waals surface area contributed by atoms with Crippen LogP contribution in [0, 0.1) is 13.8 Å². The molecule has 0 aliphatic heterocycles. The van der Waals surface area contributed by atoms with E-state index in [1.54, 1.807) is 0 Å². The van der Waals surface area contributed by atoms with Crippen LogP contribution in [0.5, 0.6) is 0 Å². The van der Waals surface area contributed by atoms with E-state index in [2.05, 4.69) is 4.98 Å². The zero-order chi connectivity index (χ0) is 7.14. The fraction of sp³-hybridized carbons (Fsp3) is 0.286. The first-order valence-corrected chi connectivity index (χ1v) is 3.17. The van der Waals surface area contributed by atoms with E-state index >= 15 is 0 Å². The molecule has 0 saturated carbocycles. The molecule has 0 saturated heterocycles. The monoisotopic (exact) mass is 136 g/mol. The molecule has 2 aromatic rings. The van der Waals surface area contributed by atoms with E-state index in [1.165, 1.54) is 0 Å². The Bertz CT molecular complexity index is 295. The van der Waals surface area contributed by atoms with Gasteiger partial charge in [-0.15, -0.1) is 0 Å². The number of aryl methyl sites for hydroxylation is 2. The minimum Gasteiger partial charge on any atom is -0.429 e. The molecule has 0 aromatic carbocycles. The Balaban J connectivity index is 2.83. The van der Waals surface area contributed by atoms with Crippen molar-refractivity contribution in [1.29, 1.82) is 0 Å². The molecule has 0 bridgehead atoms. The number of oxazole rings is 1. The van der Waals surface area contributed by atoms with Crippen LogP contribution in [0.2, 0.25) is 0 Å². The third kappa shape index (κ3) is 0.635. The molecule has 3 heteroatoms. The predicted molar refractivity (Wildman–Crippen MR) is 36.9 cm³/mol. The lowest BCUT2D eigenvalue weighted by atomic mass is 10.5. The summed E-state index contributed by atoms with van der Waals surface area (Å²) in [5, 5.41) is 0. The second-order valence-corrected chi connectivity index (χ2v) is 2.41. The van der Waals surface area contributed by atoms with E-state index in [1.807, 2.05) is 30.6 Å². The summed E-state index contributed by atoms with van der Waals surface area (Å²) in [5.41, 5.74) is 0.985. The Labute approximate surface area is 58.3 Å². The van der Waals surface area contributed by atoms with Crippen LogP contribution >= 0.6 is 0 Å². The van der Waals surface area contributed by atoms with Crippen molar-refractivity contribution in [2.45, 2.75) is 13.8 Å². The largest absolute Gasteiger partial charge is 0.429 e. The van der Waals surface area contributed by atoms with E-state index in [-0.39, 0.29) is 0 Å². The smallest absolute Gasteiger partial charge is 0.306 e. The summed E-state index contributed by atoms with van der Waals surface area (Å²) >= 11 is 0. The van der Waals surface area contributed by atoms with Crippen molar-refractivity contribution in [3.05, 3.63) is 23.8 Å². The number of nitrogens with zero attached hydrogens (tertiary/aromatic N) is 2. The van der Waals surface area contributed by atoms with Gasteiger partial charge < -0.3 is 4.42 Å². The molecule has 0 aliphatic carbocycles. The molecule has 0 N–H and O–H groups in total. The second-order valence-electron chi connectivity index (χ2n) is 2.41. The van der Waals surface area contributed by atoms with Gasteiger partial charge in [0.15, 0.2) is 0 Å². The van der Waals surface area contributed by atoms with Gasteiger partial charge in [0.1, 0.15) is 5.76 Å². The van der Waals surface area contributed by atoms with Crippen molar-refractivity contribution >= 4 is 5.84 Å². The number of rotatable bonds is 0. The Morgan fingerprint density at radius 1 is 1.40 bits per heavy atom. The Morgan fingerprint density at radius 3 is 2.90 bits per heavy atom. The number of fused-ring (bicyclic) bond motifs is 1. The summed E-state index contributed by atoms with van der Waals surface area (Å²) in [7, 11) is 0. The summed E-state index contributed by atoms with van der Waals surface area (Å²) in [4.78, 5) is 4.13. The quantitative estimate of drug-likeness (QED) is 0.550. The maximum absolute atomic E-state index is 5.24. The molecule has 52 valence electrons. The molecule has 0 radical (unpaired) electrons. The lowest BCUT2D eigenvalue weighted by Crippen LogP contribution is -1.68. The zero-order valence-corrected chi connectivity index (χ0v) is 5.96. The molecule has 2 rings (SSSR count). The minimum atomic E-state index is 0.676. The molecule has 3 nitrogen and oxygen atoms in total. The normalized spacial score (nSPS) is 11.0. The summed E-state index contributed by atoms with van der Waals surface area (Å²) in [6.07, 6.45) is 3.85. The standard InChI is InChI=1S/C7H8N2O/c1-5-3-9-4-6(2)10-7(9)8-5/h3-4H,1-2H3. The summed E-state index contributed by atoms with van der Waals surface area (Å²) in [5.74, 6) is 1.57. The topological polar surface area (TPSA) is 30.4 Å². The number of aromatic nitrogens is 2. The first-order valence-electron chi connectivity index (χ1n) is 3.17. The lowest BCUT2D eigenvalue weighted by Gasteiger charge is -1.74. The van der Waals surface area contributed by atoms with Gasteiger partial charge in [0.2, 0.25) is 0 Å². The summed E-state index contributed by atoms with van der Waals surface area (Å²) in [6, 6.07) is 0. The van der Waals surface area contributed by atoms with E-state index in [0.29, 0.717) is 5.84 Å². The Kier molecular flexibility index (Phi) is 0.897. The highest BCUT2D eigenvalue weighted by Gasteiger charge is 2.00. The number of imidazole rings is 1. The molecule has 0 spiro atoms. The zero-order valence-electron chi connectivity index (χ0n) is 5.96. The van der Waals surface area contributed by atoms with Gasteiger partial charge in [0, 0.05) is 6.20 Å². The predicted octanol–water partition coefficient (Wildman–Crippen LogP) is 1.54. The second kappa shape index (κ2) is 1.62. The van der Waals surface area contributed by atoms with Gasteiger partial charge in [-0.3, -0.25) is 4.40 Å². The van der Waals surface area contributed by atoms with Crippen LogP contribution in [0.15, 0.2) is 16.8 Å². The van der Waals surface area contributed by atoms with Gasteiger partial charge >= 0.3 is 5.84 Å². The van der Waals surface area contributed by atoms with Crippen molar-refractivity contribution in [3.8, 4) is 0 Å². The molecular weight excluding hydrogens is 128 g/mol. The van der Waals surface area contributed by atoms with Crippen molar-refractivity contribution in [3.63, 3.8) is 0 Å². The van der Waals surface area contributed by atoms with E-state index in [4.69, 9.17) is 4.42 Å². The average Bonchev–Trinajstić information content (AvgIpc) is 2.21. The highest BCUT2D eigenvalue weighted by molar-refractivity contribution is 5.27. The van der Waals surface area contributed by atoms with E-state index < -0.39 is 0 Å². The van der Waals surface area contributed by atoms with Crippen molar-refractivity contribution in [2.75, 3.05) is 0 Å². The van der Waals surface area contributed by atoms with E-state index in [9.17, 15) is 0 Å². The summed E-state index contributed by atoms with van der Waals surface area (Å²) < 4.78 is 7.12. The fourth-order valence-electron chi connectivity index (χ4n) is 1.03. The van der Waals surface area contributed by atoms with Crippen molar-refractivity contribution < 1.29 is 4.42 Å². The van der Waals surface area contributed by atoms with Crippen LogP contribution in [0.25, 0.3) is 5.84 Å². The lowest BCUT2D eigenvalue weighted by molar-refractivity contribution is 0.562. The Morgan fingerprint density at radius 2 is 2.20 bits per heavy atom. The fourth-order valence-corrected chi connectivity index (χ4v) is 1.03. The molecule has 0 atom stereocenters. The molecule has 0 fully saturated rings. The third-order valence-corrected chi connectivity index (χ3v) is 1.39. The van der Waals surface area contributed by atoms with Gasteiger partial charge in [-0.25, -0.2) is 0 Å². The molecule has 0 amide bonds. The van der Waals surface area contributed by atoms with Gasteiger partial charge in [-0.1, -0.05) is 0 Å². The SMILES string of the molecule is Cc1cn2cc(C)oc2n1. The van der Waals surface area contributed by atoms with Crippen LogP contribution in [-0.4, -0.2) is 9.38 Å². The van der Waals surface area contributed by atoms with Crippen LogP contribution in [0.4, 0.5) is 0 Å². The maximum Gasteiger partial charge on any atom is 0.306 e. The van der Waals surface area contributed by atoms with Crippen molar-refractivity contribution in [1.82, 2.24) is 9.38 Å². The van der Waals surface area contributed by atoms with Crippen LogP contribution < -0.4 is 0 Å². The van der Waals surface area contributed by atoms with Crippen LogP contribution in [0.3, 0.4) is 0 Å². The number of hydrogen-bond acceptors (Lipinski definition) is 2. The summed E-state index contributed by atoms with van der Waals surface area (Å²) in [6.45, 7) is 3.85. The molecule has 10 heavy (non-hydrogen) atoms. The van der Waals surface area contributed by atoms with Crippen LogP contribution in [-0.2, 0) is 0 Å². The molecule has 2 heterocycles. The Hall–Kier alpha value is -1.25. The van der Waals surface area contributed by atoms with Gasteiger partial charge in [0.05, 0.1) is 11.9 Å². The molecule has 0 unspecified atom stereocenters. The van der Waals surface area contributed by atoms with E-state index in [0.717, 1.165) is 11.5 Å². The highest BCUT2D eigenvalue weighted by atomic mass is 16.4. The molecule has 2 aromatic heterocycles. The average molecular weight is 136 g/mol. The first-order chi connectivity index (χ1) is 4.75. The van der Waals surface area contributed by atoms with Gasteiger partial charge in [0.25, 0.3) is 0 Å². The maximum atomic E-state index is 5.24. The first kappa shape index (κ1) is 5.53. The molecular formula is C7H8N2O.